The molecule has 140 valence electrons. The molecule has 5 rings (SSSR count). The summed E-state index contributed by atoms with van der Waals surface area (Å²) in [5, 5.41) is 11.3. The van der Waals surface area contributed by atoms with Gasteiger partial charge in [0, 0.05) is 18.8 Å². The topological polar surface area (TPSA) is 40.8 Å². The Morgan fingerprint density at radius 3 is 2.44 bits per heavy atom. The molecule has 0 bridgehead atoms. The first-order valence-corrected chi connectivity index (χ1v) is 9.84. The highest BCUT2D eigenvalue weighted by Crippen LogP contribution is 2.45. The zero-order chi connectivity index (χ0) is 18.4. The van der Waals surface area contributed by atoms with Gasteiger partial charge in [0.1, 0.15) is 5.82 Å². The van der Waals surface area contributed by atoms with Crippen molar-refractivity contribution < 1.29 is 9.50 Å². The summed E-state index contributed by atoms with van der Waals surface area (Å²) in [5.74, 6) is 0.609. The van der Waals surface area contributed by atoms with E-state index in [9.17, 15) is 9.50 Å². The smallest absolute Gasteiger partial charge is 0.123 e. The molecule has 1 aliphatic heterocycles. The molecule has 5 heteroatoms. The van der Waals surface area contributed by atoms with Crippen LogP contribution in [-0.2, 0) is 0 Å². The second kappa shape index (κ2) is 6.64. The number of hydrogen-bond acceptors (Lipinski definition) is 3. The summed E-state index contributed by atoms with van der Waals surface area (Å²) in [7, 11) is 0. The van der Waals surface area contributed by atoms with E-state index in [0.717, 1.165) is 42.8 Å². The number of rotatable bonds is 4. The predicted molar refractivity (Wildman–Crippen MR) is 103 cm³/mol. The molecule has 1 aliphatic carbocycles. The van der Waals surface area contributed by atoms with Gasteiger partial charge >= 0.3 is 0 Å². The molecule has 1 N–H and O–H groups in total. The van der Waals surface area contributed by atoms with Gasteiger partial charge in [-0.05, 0) is 73.4 Å². The van der Waals surface area contributed by atoms with Crippen LogP contribution in [0.25, 0.3) is 5.52 Å². The van der Waals surface area contributed by atoms with E-state index in [1.54, 1.807) is 0 Å². The SMILES string of the molecule is O[C@@H](c1c(C2CC2)ccc2cncn12)C1CCN(c2ccc(F)cc2)CC1. The summed E-state index contributed by atoms with van der Waals surface area (Å²) in [6.07, 6.45) is 7.47. The van der Waals surface area contributed by atoms with Gasteiger partial charge < -0.3 is 14.4 Å². The van der Waals surface area contributed by atoms with Gasteiger partial charge in [0.25, 0.3) is 0 Å². The number of aliphatic hydroxyl groups is 1. The molecule has 2 aliphatic rings. The molecule has 3 aromatic rings. The Labute approximate surface area is 158 Å². The van der Waals surface area contributed by atoms with Crippen LogP contribution in [0.5, 0.6) is 0 Å². The minimum atomic E-state index is -0.478. The lowest BCUT2D eigenvalue weighted by molar-refractivity contribution is 0.0871. The molecule has 0 amide bonds. The van der Waals surface area contributed by atoms with E-state index >= 15 is 0 Å². The Bertz CT molecular complexity index is 940. The maximum atomic E-state index is 13.2. The average Bonchev–Trinajstić information content (AvgIpc) is 3.44. The summed E-state index contributed by atoms with van der Waals surface area (Å²) in [6.45, 7) is 1.76. The van der Waals surface area contributed by atoms with Gasteiger partial charge in [-0.2, -0.15) is 0 Å². The van der Waals surface area contributed by atoms with Crippen molar-refractivity contribution >= 4 is 11.2 Å². The van der Waals surface area contributed by atoms with E-state index in [0.29, 0.717) is 5.92 Å². The Morgan fingerprint density at radius 1 is 1.00 bits per heavy atom. The summed E-state index contributed by atoms with van der Waals surface area (Å²) in [6, 6.07) is 11.0. The van der Waals surface area contributed by atoms with Gasteiger partial charge in [-0.1, -0.05) is 6.07 Å². The Kier molecular flexibility index (Phi) is 4.12. The van der Waals surface area contributed by atoms with Crippen molar-refractivity contribution in [3.63, 3.8) is 0 Å². The van der Waals surface area contributed by atoms with Crippen LogP contribution in [0.2, 0.25) is 0 Å². The minimum Gasteiger partial charge on any atom is -0.387 e. The van der Waals surface area contributed by atoms with E-state index in [1.807, 2.05) is 24.7 Å². The largest absolute Gasteiger partial charge is 0.387 e. The predicted octanol–water partition coefficient (Wildman–Crippen LogP) is 4.30. The molecule has 1 atom stereocenters. The number of imidazole rings is 1. The Balaban J connectivity index is 1.37. The fourth-order valence-electron chi connectivity index (χ4n) is 4.43. The standard InChI is InChI=1S/C22H24FN3O/c23-17-3-5-18(6-4-17)25-11-9-16(10-12-25)22(27)21-20(15-1-2-15)8-7-19-13-24-14-26(19)21/h3-8,13-16,22,27H,1-2,9-12H2/t22-/m1/s1. The lowest BCUT2D eigenvalue weighted by Crippen LogP contribution is -2.36. The van der Waals surface area contributed by atoms with Crippen LogP contribution in [0, 0.1) is 11.7 Å². The number of hydrogen-bond donors (Lipinski definition) is 1. The molecule has 0 radical (unpaired) electrons. The van der Waals surface area contributed by atoms with Crippen LogP contribution in [0.4, 0.5) is 10.1 Å². The van der Waals surface area contributed by atoms with E-state index in [4.69, 9.17) is 0 Å². The van der Waals surface area contributed by atoms with E-state index < -0.39 is 6.10 Å². The fraction of sp³-hybridized carbons (Fsp3) is 0.409. The van der Waals surface area contributed by atoms with Crippen LogP contribution >= 0.6 is 0 Å². The van der Waals surface area contributed by atoms with Crippen molar-refractivity contribution in [1.82, 2.24) is 9.38 Å². The zero-order valence-corrected chi connectivity index (χ0v) is 15.3. The molecular formula is C22H24FN3O. The molecule has 2 fully saturated rings. The van der Waals surface area contributed by atoms with Crippen molar-refractivity contribution in [1.29, 1.82) is 0 Å². The third-order valence-corrected chi connectivity index (χ3v) is 6.13. The maximum Gasteiger partial charge on any atom is 0.123 e. The van der Waals surface area contributed by atoms with Gasteiger partial charge in [0.05, 0.1) is 29.8 Å². The van der Waals surface area contributed by atoms with Gasteiger partial charge in [0.2, 0.25) is 0 Å². The van der Waals surface area contributed by atoms with Gasteiger partial charge in [-0.3, -0.25) is 0 Å². The highest BCUT2D eigenvalue weighted by Gasteiger charge is 2.34. The lowest BCUT2D eigenvalue weighted by Gasteiger charge is -2.36. The van der Waals surface area contributed by atoms with Crippen molar-refractivity contribution in [3.05, 3.63) is 66.0 Å². The summed E-state index contributed by atoms with van der Waals surface area (Å²) in [4.78, 5) is 6.56. The molecule has 4 nitrogen and oxygen atoms in total. The number of aliphatic hydroxyl groups excluding tert-OH is 1. The molecule has 3 heterocycles. The van der Waals surface area contributed by atoms with Crippen molar-refractivity contribution in [2.24, 2.45) is 5.92 Å². The second-order valence-electron chi connectivity index (χ2n) is 7.88. The summed E-state index contributed by atoms with van der Waals surface area (Å²) < 4.78 is 15.2. The number of halogens is 1. The molecule has 27 heavy (non-hydrogen) atoms. The Morgan fingerprint density at radius 2 is 1.74 bits per heavy atom. The first-order valence-electron chi connectivity index (χ1n) is 9.84. The minimum absolute atomic E-state index is 0.204. The van der Waals surface area contributed by atoms with E-state index in [2.05, 4.69) is 26.4 Å². The van der Waals surface area contributed by atoms with Crippen LogP contribution in [0.15, 0.2) is 48.9 Å². The molecule has 2 aromatic heterocycles. The molecule has 0 unspecified atom stereocenters. The number of benzene rings is 1. The summed E-state index contributed by atoms with van der Waals surface area (Å²) in [5.41, 5.74) is 4.42. The van der Waals surface area contributed by atoms with Gasteiger partial charge in [-0.25, -0.2) is 9.37 Å². The monoisotopic (exact) mass is 365 g/mol. The first-order chi connectivity index (χ1) is 13.2. The number of fused-ring (bicyclic) bond motifs is 1. The lowest BCUT2D eigenvalue weighted by atomic mass is 9.87. The van der Waals surface area contributed by atoms with Crippen molar-refractivity contribution in [3.8, 4) is 0 Å². The van der Waals surface area contributed by atoms with Crippen LogP contribution in [0.3, 0.4) is 0 Å². The first kappa shape index (κ1) is 16.8. The number of piperidine rings is 1. The molecule has 0 spiro atoms. The zero-order valence-electron chi connectivity index (χ0n) is 15.3. The number of pyridine rings is 1. The van der Waals surface area contributed by atoms with Crippen LogP contribution in [0.1, 0.15) is 49.0 Å². The number of nitrogens with zero attached hydrogens (tertiary/aromatic N) is 3. The van der Waals surface area contributed by atoms with Crippen molar-refractivity contribution in [2.75, 3.05) is 18.0 Å². The maximum absolute atomic E-state index is 13.2. The fourth-order valence-corrected chi connectivity index (χ4v) is 4.43. The highest BCUT2D eigenvalue weighted by molar-refractivity contribution is 5.50. The molecular weight excluding hydrogens is 341 g/mol. The summed E-state index contributed by atoms with van der Waals surface area (Å²) >= 11 is 0. The third-order valence-electron chi connectivity index (χ3n) is 6.13. The van der Waals surface area contributed by atoms with E-state index in [1.165, 1.54) is 30.5 Å². The van der Waals surface area contributed by atoms with Crippen LogP contribution < -0.4 is 4.90 Å². The van der Waals surface area contributed by atoms with Crippen LogP contribution in [-0.4, -0.2) is 27.6 Å². The van der Waals surface area contributed by atoms with Gasteiger partial charge in [-0.15, -0.1) is 0 Å². The number of aromatic nitrogens is 2. The second-order valence-corrected chi connectivity index (χ2v) is 7.88. The van der Waals surface area contributed by atoms with Gasteiger partial charge in [0.15, 0.2) is 0 Å². The molecule has 1 saturated carbocycles. The number of anilines is 1. The normalized spacial score (nSPS) is 19.6. The average molecular weight is 365 g/mol. The quantitative estimate of drug-likeness (QED) is 0.749. The molecule has 1 aromatic carbocycles. The Hall–Kier alpha value is -2.40. The van der Waals surface area contributed by atoms with E-state index in [-0.39, 0.29) is 11.7 Å². The molecule has 1 saturated heterocycles. The highest BCUT2D eigenvalue weighted by atomic mass is 19.1. The third kappa shape index (κ3) is 3.10. The van der Waals surface area contributed by atoms with Crippen molar-refractivity contribution in [2.45, 2.75) is 37.7 Å².